The summed E-state index contributed by atoms with van der Waals surface area (Å²) in [6, 6.07) is 3.01. The lowest BCUT2D eigenvalue weighted by Gasteiger charge is -2.39. The van der Waals surface area contributed by atoms with Crippen LogP contribution >= 0.6 is 0 Å². The molecule has 5 fully saturated rings. The number of hydrogen-bond acceptors (Lipinski definition) is 1. The molecule has 124 valence electrons. The van der Waals surface area contributed by atoms with E-state index in [-0.39, 0.29) is 0 Å². The molecule has 0 aromatic heterocycles. The predicted molar refractivity (Wildman–Crippen MR) is 91.8 cm³/mol. The molecule has 6 unspecified atom stereocenters. The average Bonchev–Trinajstić information content (AvgIpc) is 3.13. The van der Waals surface area contributed by atoms with Gasteiger partial charge in [0.2, 0.25) is 0 Å². The van der Waals surface area contributed by atoms with Crippen LogP contribution in [0.3, 0.4) is 0 Å². The standard InChI is InChI=1S/C21H35N/c1-2-8-16-14-17(13-15(16)7-1)22-20-11-5-3-9-18(20)19-10-4-6-12-21(19)22/h15-21H,1-14H2. The van der Waals surface area contributed by atoms with Gasteiger partial charge in [-0.25, -0.2) is 0 Å². The van der Waals surface area contributed by atoms with Crippen LogP contribution in [0.5, 0.6) is 0 Å². The van der Waals surface area contributed by atoms with Gasteiger partial charge in [-0.1, -0.05) is 51.4 Å². The number of nitrogens with zero attached hydrogens (tertiary/aromatic N) is 1. The predicted octanol–water partition coefficient (Wildman–Crippen LogP) is 5.39. The molecule has 1 heterocycles. The largest absolute Gasteiger partial charge is 0.294 e. The zero-order valence-corrected chi connectivity index (χ0v) is 14.4. The molecule has 4 aliphatic carbocycles. The summed E-state index contributed by atoms with van der Waals surface area (Å²) in [5.74, 6) is 4.43. The molecule has 0 N–H and O–H groups in total. The zero-order chi connectivity index (χ0) is 14.5. The Morgan fingerprint density at radius 3 is 1.50 bits per heavy atom. The molecular formula is C21H35N. The lowest BCUT2D eigenvalue weighted by molar-refractivity contribution is 0.0856. The quantitative estimate of drug-likeness (QED) is 0.628. The van der Waals surface area contributed by atoms with Gasteiger partial charge in [0, 0.05) is 18.1 Å². The molecule has 0 aromatic carbocycles. The molecule has 0 spiro atoms. The van der Waals surface area contributed by atoms with Crippen molar-refractivity contribution in [3.05, 3.63) is 0 Å². The number of rotatable bonds is 1. The number of hydrogen-bond donors (Lipinski definition) is 0. The van der Waals surface area contributed by atoms with E-state index in [1.165, 1.54) is 38.5 Å². The minimum absolute atomic E-state index is 0.992. The summed E-state index contributed by atoms with van der Waals surface area (Å²) in [6.07, 6.45) is 21.7. The van der Waals surface area contributed by atoms with Crippen molar-refractivity contribution in [1.29, 1.82) is 0 Å². The van der Waals surface area contributed by atoms with Crippen LogP contribution in [0.4, 0.5) is 0 Å². The molecule has 6 atom stereocenters. The lowest BCUT2D eigenvalue weighted by atomic mass is 9.73. The van der Waals surface area contributed by atoms with Crippen LogP contribution in [-0.4, -0.2) is 23.0 Å². The van der Waals surface area contributed by atoms with Gasteiger partial charge < -0.3 is 0 Å². The Labute approximate surface area is 137 Å². The molecule has 1 aliphatic heterocycles. The molecule has 4 saturated carbocycles. The van der Waals surface area contributed by atoms with Crippen LogP contribution in [0, 0.1) is 23.7 Å². The lowest BCUT2D eigenvalue weighted by Crippen LogP contribution is -2.45. The summed E-state index contributed by atoms with van der Waals surface area (Å²) >= 11 is 0. The Bertz CT molecular complexity index is 369. The van der Waals surface area contributed by atoms with Crippen molar-refractivity contribution < 1.29 is 0 Å². The van der Waals surface area contributed by atoms with Crippen LogP contribution in [-0.2, 0) is 0 Å². The Kier molecular flexibility index (Phi) is 3.77. The second-order valence-electron chi connectivity index (χ2n) is 9.41. The average molecular weight is 302 g/mol. The van der Waals surface area contributed by atoms with Gasteiger partial charge in [0.1, 0.15) is 0 Å². The van der Waals surface area contributed by atoms with Gasteiger partial charge in [0.15, 0.2) is 0 Å². The Hall–Kier alpha value is -0.0400. The third-order valence-electron chi connectivity index (χ3n) is 8.52. The Balaban J connectivity index is 1.40. The smallest absolute Gasteiger partial charge is 0.0133 e. The van der Waals surface area contributed by atoms with Gasteiger partial charge >= 0.3 is 0 Å². The van der Waals surface area contributed by atoms with E-state index < -0.39 is 0 Å². The van der Waals surface area contributed by atoms with Crippen LogP contribution in [0.1, 0.15) is 89.9 Å². The van der Waals surface area contributed by atoms with Crippen molar-refractivity contribution in [2.75, 3.05) is 0 Å². The molecule has 0 bridgehead atoms. The first kappa shape index (κ1) is 14.3. The van der Waals surface area contributed by atoms with Crippen molar-refractivity contribution >= 4 is 0 Å². The highest BCUT2D eigenvalue weighted by Crippen LogP contribution is 2.53. The first-order valence-electron chi connectivity index (χ1n) is 10.7. The van der Waals surface area contributed by atoms with Crippen molar-refractivity contribution in [1.82, 2.24) is 4.90 Å². The molecule has 5 aliphatic rings. The van der Waals surface area contributed by atoms with E-state index in [1.807, 2.05) is 0 Å². The van der Waals surface area contributed by atoms with Crippen LogP contribution in [0.25, 0.3) is 0 Å². The maximum Gasteiger partial charge on any atom is 0.0133 e. The van der Waals surface area contributed by atoms with Gasteiger partial charge in [-0.15, -0.1) is 0 Å². The van der Waals surface area contributed by atoms with Gasteiger partial charge in [-0.3, -0.25) is 4.90 Å². The summed E-state index contributed by atoms with van der Waals surface area (Å²) in [6.45, 7) is 0. The summed E-state index contributed by atoms with van der Waals surface area (Å²) < 4.78 is 0. The maximum absolute atomic E-state index is 3.19. The molecule has 0 aromatic rings. The van der Waals surface area contributed by atoms with Crippen LogP contribution in [0.15, 0.2) is 0 Å². The fourth-order valence-corrected chi connectivity index (χ4v) is 7.75. The van der Waals surface area contributed by atoms with Crippen molar-refractivity contribution in [3.8, 4) is 0 Å². The van der Waals surface area contributed by atoms with E-state index in [0.717, 1.165) is 41.8 Å². The Morgan fingerprint density at radius 1 is 0.500 bits per heavy atom. The van der Waals surface area contributed by atoms with E-state index in [9.17, 15) is 0 Å². The molecule has 0 radical (unpaired) electrons. The van der Waals surface area contributed by atoms with Crippen molar-refractivity contribution in [2.24, 2.45) is 23.7 Å². The molecule has 0 amide bonds. The second kappa shape index (κ2) is 5.80. The molecular weight excluding hydrogens is 266 g/mol. The first-order valence-corrected chi connectivity index (χ1v) is 10.7. The van der Waals surface area contributed by atoms with E-state index in [1.54, 1.807) is 51.4 Å². The highest BCUT2D eigenvalue weighted by Gasteiger charge is 2.53. The van der Waals surface area contributed by atoms with Gasteiger partial charge in [-0.05, 0) is 62.2 Å². The minimum atomic E-state index is 0.992. The second-order valence-corrected chi connectivity index (χ2v) is 9.41. The third kappa shape index (κ3) is 2.21. The summed E-state index contributed by atoms with van der Waals surface area (Å²) in [5.41, 5.74) is 0. The number of likely N-dealkylation sites (tertiary alicyclic amines) is 1. The zero-order valence-electron chi connectivity index (χ0n) is 14.4. The normalized spacial score (nSPS) is 52.1. The van der Waals surface area contributed by atoms with Crippen molar-refractivity contribution in [3.63, 3.8) is 0 Å². The SMILES string of the molecule is C1CCC2CC(N3C4CCCCC4C4CCCCC43)CC2C1. The third-order valence-corrected chi connectivity index (χ3v) is 8.52. The summed E-state index contributed by atoms with van der Waals surface area (Å²) in [5, 5.41) is 0. The van der Waals surface area contributed by atoms with Crippen molar-refractivity contribution in [2.45, 2.75) is 108 Å². The van der Waals surface area contributed by atoms with Gasteiger partial charge in [0.05, 0.1) is 0 Å². The molecule has 1 heteroatoms. The summed E-state index contributed by atoms with van der Waals surface area (Å²) in [7, 11) is 0. The maximum atomic E-state index is 3.19. The highest BCUT2D eigenvalue weighted by molar-refractivity contribution is 5.06. The fraction of sp³-hybridized carbons (Fsp3) is 1.00. The molecule has 5 rings (SSSR count). The van der Waals surface area contributed by atoms with Crippen LogP contribution in [0.2, 0.25) is 0 Å². The van der Waals surface area contributed by atoms with Crippen LogP contribution < -0.4 is 0 Å². The topological polar surface area (TPSA) is 3.24 Å². The monoisotopic (exact) mass is 301 g/mol. The number of fused-ring (bicyclic) bond motifs is 4. The molecule has 1 nitrogen and oxygen atoms in total. The molecule has 1 saturated heterocycles. The molecule has 22 heavy (non-hydrogen) atoms. The van der Waals surface area contributed by atoms with Gasteiger partial charge in [0.25, 0.3) is 0 Å². The fourth-order valence-electron chi connectivity index (χ4n) is 7.75. The highest BCUT2D eigenvalue weighted by atomic mass is 15.3. The first-order chi connectivity index (χ1) is 10.9. The Morgan fingerprint density at radius 2 is 0.955 bits per heavy atom. The van der Waals surface area contributed by atoms with E-state index in [4.69, 9.17) is 0 Å². The van der Waals surface area contributed by atoms with E-state index >= 15 is 0 Å². The van der Waals surface area contributed by atoms with Gasteiger partial charge in [-0.2, -0.15) is 0 Å². The minimum Gasteiger partial charge on any atom is -0.294 e. The van der Waals surface area contributed by atoms with E-state index in [2.05, 4.69) is 4.90 Å². The van der Waals surface area contributed by atoms with E-state index in [0.29, 0.717) is 0 Å². The summed E-state index contributed by atoms with van der Waals surface area (Å²) in [4.78, 5) is 3.19.